The highest BCUT2D eigenvalue weighted by molar-refractivity contribution is 6.42. The number of halogens is 3. The van der Waals surface area contributed by atoms with Crippen LogP contribution in [0.25, 0.3) is 0 Å². The lowest BCUT2D eigenvalue weighted by Gasteiger charge is -2.26. The van der Waals surface area contributed by atoms with E-state index >= 15 is 0 Å². The second-order valence-corrected chi connectivity index (χ2v) is 6.20. The summed E-state index contributed by atoms with van der Waals surface area (Å²) in [4.78, 5) is 0. The standard InChI is InChI=1S/C16H14Cl2FN/c17-14-4-1-10(7-15(14)18)9-16(20)6-5-11-8-12(19)2-3-13(11)16/h1-4,7-8H,5-6,9,20H2. The Balaban J connectivity index is 1.93. The predicted octanol–water partition coefficient (Wildman–Crippen LogP) is 4.48. The van der Waals surface area contributed by atoms with Gasteiger partial charge < -0.3 is 5.73 Å². The molecule has 0 aliphatic heterocycles. The molecule has 0 amide bonds. The minimum atomic E-state index is -0.458. The molecule has 4 heteroatoms. The summed E-state index contributed by atoms with van der Waals surface area (Å²) in [5.74, 6) is -0.206. The molecule has 1 aliphatic rings. The molecule has 1 aliphatic carbocycles. The molecule has 0 fully saturated rings. The summed E-state index contributed by atoms with van der Waals surface area (Å²) < 4.78 is 13.3. The molecule has 0 heterocycles. The summed E-state index contributed by atoms with van der Waals surface area (Å²) in [6, 6.07) is 10.4. The Morgan fingerprint density at radius 1 is 1.10 bits per heavy atom. The van der Waals surface area contributed by atoms with Gasteiger partial charge in [0.05, 0.1) is 10.0 Å². The average molecular weight is 310 g/mol. The van der Waals surface area contributed by atoms with Crippen LogP contribution in [0.4, 0.5) is 4.39 Å². The number of rotatable bonds is 2. The van der Waals surface area contributed by atoms with Crippen molar-refractivity contribution in [1.29, 1.82) is 0 Å². The molecule has 2 aromatic rings. The van der Waals surface area contributed by atoms with Crippen molar-refractivity contribution in [2.24, 2.45) is 5.73 Å². The molecule has 2 N–H and O–H groups in total. The maximum absolute atomic E-state index is 13.3. The predicted molar refractivity (Wildman–Crippen MR) is 80.8 cm³/mol. The maximum Gasteiger partial charge on any atom is 0.123 e. The van der Waals surface area contributed by atoms with Crippen molar-refractivity contribution < 1.29 is 4.39 Å². The highest BCUT2D eigenvalue weighted by atomic mass is 35.5. The van der Waals surface area contributed by atoms with Gasteiger partial charge in [-0.2, -0.15) is 0 Å². The number of nitrogens with two attached hydrogens (primary N) is 1. The lowest BCUT2D eigenvalue weighted by Crippen LogP contribution is -2.36. The lowest BCUT2D eigenvalue weighted by molar-refractivity contribution is 0.439. The zero-order valence-electron chi connectivity index (χ0n) is 10.8. The van der Waals surface area contributed by atoms with Crippen LogP contribution in [0.3, 0.4) is 0 Å². The van der Waals surface area contributed by atoms with Crippen molar-refractivity contribution in [1.82, 2.24) is 0 Å². The number of fused-ring (bicyclic) bond motifs is 1. The summed E-state index contributed by atoms with van der Waals surface area (Å²) in [6.07, 6.45) is 2.29. The molecule has 0 saturated carbocycles. The molecule has 0 radical (unpaired) electrons. The van der Waals surface area contributed by atoms with Crippen LogP contribution >= 0.6 is 23.2 Å². The summed E-state index contributed by atoms with van der Waals surface area (Å²) in [6.45, 7) is 0. The van der Waals surface area contributed by atoms with Gasteiger partial charge in [0.25, 0.3) is 0 Å². The van der Waals surface area contributed by atoms with Gasteiger partial charge in [0, 0.05) is 5.54 Å². The van der Waals surface area contributed by atoms with Crippen molar-refractivity contribution in [3.05, 3.63) is 69.0 Å². The van der Waals surface area contributed by atoms with E-state index in [1.54, 1.807) is 18.2 Å². The first-order chi connectivity index (χ1) is 9.48. The van der Waals surface area contributed by atoms with Crippen LogP contribution in [0.1, 0.15) is 23.1 Å². The Morgan fingerprint density at radius 2 is 1.90 bits per heavy atom. The van der Waals surface area contributed by atoms with E-state index in [1.165, 1.54) is 6.07 Å². The first-order valence-electron chi connectivity index (χ1n) is 6.50. The van der Waals surface area contributed by atoms with E-state index in [0.29, 0.717) is 16.5 Å². The fraction of sp³-hybridized carbons (Fsp3) is 0.250. The average Bonchev–Trinajstić information content (AvgIpc) is 2.71. The second kappa shape index (κ2) is 5.03. The Bertz CT molecular complexity index is 672. The third kappa shape index (κ3) is 2.44. The third-order valence-corrected chi connectivity index (χ3v) is 4.69. The highest BCUT2D eigenvalue weighted by Gasteiger charge is 2.35. The van der Waals surface area contributed by atoms with Crippen LogP contribution in [0.2, 0.25) is 10.0 Å². The van der Waals surface area contributed by atoms with Crippen LogP contribution in [0.5, 0.6) is 0 Å². The van der Waals surface area contributed by atoms with Gasteiger partial charge in [-0.05, 0) is 60.2 Å². The Kier molecular flexibility index (Phi) is 3.49. The van der Waals surface area contributed by atoms with Crippen molar-refractivity contribution in [2.45, 2.75) is 24.8 Å². The number of benzene rings is 2. The van der Waals surface area contributed by atoms with E-state index in [4.69, 9.17) is 28.9 Å². The van der Waals surface area contributed by atoms with Gasteiger partial charge in [0.2, 0.25) is 0 Å². The topological polar surface area (TPSA) is 26.0 Å². The van der Waals surface area contributed by atoms with Crippen LogP contribution in [-0.2, 0) is 18.4 Å². The quantitative estimate of drug-likeness (QED) is 0.870. The zero-order chi connectivity index (χ0) is 14.3. The van der Waals surface area contributed by atoms with E-state index in [-0.39, 0.29) is 5.82 Å². The Hall–Kier alpha value is -1.09. The molecule has 0 spiro atoms. The number of aryl methyl sites for hydroxylation is 1. The van der Waals surface area contributed by atoms with Crippen molar-refractivity contribution in [2.75, 3.05) is 0 Å². The van der Waals surface area contributed by atoms with Gasteiger partial charge in [-0.25, -0.2) is 4.39 Å². The minimum absolute atomic E-state index is 0.206. The molecule has 1 nitrogen and oxygen atoms in total. The zero-order valence-corrected chi connectivity index (χ0v) is 12.3. The fourth-order valence-corrected chi connectivity index (χ4v) is 3.27. The van der Waals surface area contributed by atoms with E-state index < -0.39 is 5.54 Å². The van der Waals surface area contributed by atoms with Crippen molar-refractivity contribution >= 4 is 23.2 Å². The molecule has 104 valence electrons. The van der Waals surface area contributed by atoms with Gasteiger partial charge in [-0.15, -0.1) is 0 Å². The molecule has 0 saturated heterocycles. The fourth-order valence-electron chi connectivity index (χ4n) is 2.94. The van der Waals surface area contributed by atoms with E-state index in [9.17, 15) is 4.39 Å². The van der Waals surface area contributed by atoms with E-state index in [1.807, 2.05) is 12.1 Å². The molecule has 2 aromatic carbocycles. The van der Waals surface area contributed by atoms with Gasteiger partial charge in [-0.3, -0.25) is 0 Å². The molecular weight excluding hydrogens is 296 g/mol. The first-order valence-corrected chi connectivity index (χ1v) is 7.25. The molecular formula is C16H14Cl2FN. The molecule has 20 heavy (non-hydrogen) atoms. The Labute approximate surface area is 127 Å². The third-order valence-electron chi connectivity index (χ3n) is 3.95. The molecule has 1 unspecified atom stereocenters. The summed E-state index contributed by atoms with van der Waals surface area (Å²) in [5.41, 5.74) is 9.16. The smallest absolute Gasteiger partial charge is 0.123 e. The van der Waals surface area contributed by atoms with E-state index in [0.717, 1.165) is 29.5 Å². The van der Waals surface area contributed by atoms with Gasteiger partial charge in [0.15, 0.2) is 0 Å². The molecule has 1 atom stereocenters. The lowest BCUT2D eigenvalue weighted by atomic mass is 9.86. The second-order valence-electron chi connectivity index (χ2n) is 5.38. The summed E-state index contributed by atoms with van der Waals surface area (Å²) in [7, 11) is 0. The molecule has 3 rings (SSSR count). The van der Waals surface area contributed by atoms with Crippen LogP contribution in [-0.4, -0.2) is 0 Å². The van der Waals surface area contributed by atoms with Gasteiger partial charge in [0.1, 0.15) is 5.82 Å². The first kappa shape index (κ1) is 13.9. The SMILES string of the molecule is NC1(Cc2ccc(Cl)c(Cl)c2)CCc2cc(F)ccc21. The monoisotopic (exact) mass is 309 g/mol. The number of hydrogen-bond donors (Lipinski definition) is 1. The molecule has 0 bridgehead atoms. The van der Waals surface area contributed by atoms with Crippen molar-refractivity contribution in [3.63, 3.8) is 0 Å². The summed E-state index contributed by atoms with van der Waals surface area (Å²) >= 11 is 12.0. The Morgan fingerprint density at radius 3 is 2.65 bits per heavy atom. The van der Waals surface area contributed by atoms with Crippen molar-refractivity contribution in [3.8, 4) is 0 Å². The van der Waals surface area contributed by atoms with Gasteiger partial charge in [-0.1, -0.05) is 35.3 Å². The van der Waals surface area contributed by atoms with E-state index in [2.05, 4.69) is 0 Å². The summed E-state index contributed by atoms with van der Waals surface area (Å²) in [5, 5.41) is 1.07. The van der Waals surface area contributed by atoms with Crippen LogP contribution in [0.15, 0.2) is 36.4 Å². The maximum atomic E-state index is 13.3. The molecule has 0 aromatic heterocycles. The minimum Gasteiger partial charge on any atom is -0.321 e. The van der Waals surface area contributed by atoms with Crippen LogP contribution < -0.4 is 5.73 Å². The van der Waals surface area contributed by atoms with Gasteiger partial charge >= 0.3 is 0 Å². The largest absolute Gasteiger partial charge is 0.321 e. The number of hydrogen-bond acceptors (Lipinski definition) is 1. The van der Waals surface area contributed by atoms with Crippen LogP contribution in [0, 0.1) is 5.82 Å². The normalized spacial score (nSPS) is 21.0. The highest BCUT2D eigenvalue weighted by Crippen LogP contribution is 2.38.